The minimum atomic E-state index is -0.295. The molecular weight excluding hydrogens is 387 g/mol. The highest BCUT2D eigenvalue weighted by Gasteiger charge is 2.25. The SMILES string of the molecule is O=C(c1ccc(Br)o1)N1CCN(Cc2c(F)cccc2Cl)CC1. The van der Waals surface area contributed by atoms with Gasteiger partial charge in [-0.15, -0.1) is 0 Å². The van der Waals surface area contributed by atoms with Crippen LogP contribution in [0.4, 0.5) is 4.39 Å². The Labute approximate surface area is 146 Å². The van der Waals surface area contributed by atoms with E-state index in [2.05, 4.69) is 20.8 Å². The summed E-state index contributed by atoms with van der Waals surface area (Å²) in [7, 11) is 0. The van der Waals surface area contributed by atoms with Crippen molar-refractivity contribution in [1.29, 1.82) is 0 Å². The molecule has 1 saturated heterocycles. The van der Waals surface area contributed by atoms with Gasteiger partial charge >= 0.3 is 0 Å². The van der Waals surface area contributed by atoms with Crippen LogP contribution in [-0.4, -0.2) is 41.9 Å². The van der Waals surface area contributed by atoms with Crippen molar-refractivity contribution in [3.63, 3.8) is 0 Å². The Bertz CT molecular complexity index is 694. The average Bonchev–Trinajstić information content (AvgIpc) is 2.97. The van der Waals surface area contributed by atoms with Crippen LogP contribution in [-0.2, 0) is 6.54 Å². The molecule has 0 unspecified atom stereocenters. The number of piperazine rings is 1. The molecule has 1 amide bonds. The van der Waals surface area contributed by atoms with Crippen LogP contribution < -0.4 is 0 Å². The monoisotopic (exact) mass is 400 g/mol. The number of carbonyl (C=O) groups excluding carboxylic acids is 1. The van der Waals surface area contributed by atoms with Crippen molar-refractivity contribution in [1.82, 2.24) is 9.80 Å². The quantitative estimate of drug-likeness (QED) is 0.785. The summed E-state index contributed by atoms with van der Waals surface area (Å²) in [6, 6.07) is 8.05. The number of furan rings is 1. The third-order valence-electron chi connectivity index (χ3n) is 3.89. The molecule has 122 valence electrons. The Kier molecular flexibility index (Phi) is 5.04. The van der Waals surface area contributed by atoms with E-state index < -0.39 is 0 Å². The van der Waals surface area contributed by atoms with Gasteiger partial charge < -0.3 is 9.32 Å². The first kappa shape index (κ1) is 16.5. The molecule has 2 heterocycles. The van der Waals surface area contributed by atoms with Crippen molar-refractivity contribution in [3.05, 3.63) is 57.2 Å². The zero-order valence-electron chi connectivity index (χ0n) is 12.3. The molecule has 0 bridgehead atoms. The fourth-order valence-corrected chi connectivity index (χ4v) is 3.13. The Balaban J connectivity index is 1.59. The Morgan fingerprint density at radius 1 is 1.22 bits per heavy atom. The summed E-state index contributed by atoms with van der Waals surface area (Å²) in [5.74, 6) is -0.0989. The van der Waals surface area contributed by atoms with Gasteiger partial charge in [-0.25, -0.2) is 4.39 Å². The second kappa shape index (κ2) is 7.03. The smallest absolute Gasteiger partial charge is 0.289 e. The molecule has 7 heteroatoms. The normalized spacial score (nSPS) is 15.9. The molecule has 0 N–H and O–H groups in total. The lowest BCUT2D eigenvalue weighted by Crippen LogP contribution is -2.48. The number of hydrogen-bond acceptors (Lipinski definition) is 3. The van der Waals surface area contributed by atoms with Crippen LogP contribution in [0, 0.1) is 5.82 Å². The minimum absolute atomic E-state index is 0.126. The van der Waals surface area contributed by atoms with E-state index in [1.165, 1.54) is 6.07 Å². The van der Waals surface area contributed by atoms with Crippen LogP contribution >= 0.6 is 27.5 Å². The fourth-order valence-electron chi connectivity index (χ4n) is 2.60. The second-order valence-electron chi connectivity index (χ2n) is 5.37. The Morgan fingerprint density at radius 3 is 2.57 bits per heavy atom. The number of hydrogen-bond donors (Lipinski definition) is 0. The van der Waals surface area contributed by atoms with Crippen molar-refractivity contribution in [2.45, 2.75) is 6.54 Å². The molecule has 1 aliphatic heterocycles. The molecule has 1 fully saturated rings. The van der Waals surface area contributed by atoms with Crippen molar-refractivity contribution >= 4 is 33.4 Å². The van der Waals surface area contributed by atoms with Crippen molar-refractivity contribution < 1.29 is 13.6 Å². The molecule has 0 radical (unpaired) electrons. The maximum atomic E-state index is 13.8. The molecule has 0 aliphatic carbocycles. The van der Waals surface area contributed by atoms with E-state index in [9.17, 15) is 9.18 Å². The molecule has 23 heavy (non-hydrogen) atoms. The van der Waals surface area contributed by atoms with E-state index in [1.807, 2.05) is 0 Å². The van der Waals surface area contributed by atoms with Gasteiger partial charge in [-0.2, -0.15) is 0 Å². The molecule has 0 spiro atoms. The summed E-state index contributed by atoms with van der Waals surface area (Å²) >= 11 is 9.25. The summed E-state index contributed by atoms with van der Waals surface area (Å²) in [5.41, 5.74) is 0.504. The van der Waals surface area contributed by atoms with Crippen molar-refractivity contribution in [3.8, 4) is 0 Å². The van der Waals surface area contributed by atoms with E-state index in [0.29, 0.717) is 53.7 Å². The van der Waals surface area contributed by atoms with Crippen LogP contribution in [0.2, 0.25) is 5.02 Å². The maximum absolute atomic E-state index is 13.8. The molecule has 1 aromatic heterocycles. The summed E-state index contributed by atoms with van der Waals surface area (Å²) in [4.78, 5) is 16.1. The Hall–Kier alpha value is -1.37. The van der Waals surface area contributed by atoms with E-state index in [0.717, 1.165) is 0 Å². The first-order valence-corrected chi connectivity index (χ1v) is 8.41. The molecule has 3 rings (SSSR count). The van der Waals surface area contributed by atoms with Gasteiger partial charge in [-0.1, -0.05) is 17.7 Å². The number of amides is 1. The molecule has 0 saturated carbocycles. The van der Waals surface area contributed by atoms with E-state index in [-0.39, 0.29) is 11.7 Å². The minimum Gasteiger partial charge on any atom is -0.444 e. The number of nitrogens with zero attached hydrogens (tertiary/aromatic N) is 2. The third kappa shape index (κ3) is 3.76. The van der Waals surface area contributed by atoms with Gasteiger partial charge in [0.05, 0.1) is 0 Å². The van der Waals surface area contributed by atoms with Gasteiger partial charge in [0.2, 0.25) is 0 Å². The standard InChI is InChI=1S/C16H15BrClFN2O2/c17-15-5-4-14(23-15)16(22)21-8-6-20(7-9-21)10-11-12(18)2-1-3-13(11)19/h1-5H,6-10H2. The highest BCUT2D eigenvalue weighted by atomic mass is 79.9. The number of halogens is 3. The van der Waals surface area contributed by atoms with Crippen LogP contribution in [0.25, 0.3) is 0 Å². The number of rotatable bonds is 3. The van der Waals surface area contributed by atoms with Crippen molar-refractivity contribution in [2.24, 2.45) is 0 Å². The highest BCUT2D eigenvalue weighted by Crippen LogP contribution is 2.22. The van der Waals surface area contributed by atoms with Crippen LogP contribution in [0.1, 0.15) is 16.1 Å². The lowest BCUT2D eigenvalue weighted by atomic mass is 10.2. The molecule has 4 nitrogen and oxygen atoms in total. The average molecular weight is 402 g/mol. The molecular formula is C16H15BrClFN2O2. The highest BCUT2D eigenvalue weighted by molar-refractivity contribution is 9.10. The third-order valence-corrected chi connectivity index (χ3v) is 4.67. The maximum Gasteiger partial charge on any atom is 0.289 e. The lowest BCUT2D eigenvalue weighted by Gasteiger charge is -2.34. The van der Waals surface area contributed by atoms with E-state index in [1.54, 1.807) is 29.2 Å². The second-order valence-corrected chi connectivity index (χ2v) is 6.56. The first-order chi connectivity index (χ1) is 11.0. The lowest BCUT2D eigenvalue weighted by molar-refractivity contribution is 0.0595. The zero-order chi connectivity index (χ0) is 16.4. The van der Waals surface area contributed by atoms with E-state index >= 15 is 0 Å². The summed E-state index contributed by atoms with van der Waals surface area (Å²) in [5, 5.41) is 0.434. The number of carbonyl (C=O) groups is 1. The summed E-state index contributed by atoms with van der Waals surface area (Å²) in [6.07, 6.45) is 0. The van der Waals surface area contributed by atoms with Crippen molar-refractivity contribution in [2.75, 3.05) is 26.2 Å². The topological polar surface area (TPSA) is 36.7 Å². The van der Waals surface area contributed by atoms with Crippen LogP contribution in [0.5, 0.6) is 0 Å². The van der Waals surface area contributed by atoms with Crippen LogP contribution in [0.15, 0.2) is 39.4 Å². The largest absolute Gasteiger partial charge is 0.444 e. The van der Waals surface area contributed by atoms with Gasteiger partial charge in [0, 0.05) is 43.3 Å². The molecule has 1 aliphatic rings. The molecule has 1 aromatic carbocycles. The van der Waals surface area contributed by atoms with E-state index in [4.69, 9.17) is 16.0 Å². The summed E-state index contributed by atoms with van der Waals surface area (Å²) in [6.45, 7) is 2.92. The predicted octanol–water partition coefficient (Wildman–Crippen LogP) is 3.79. The number of benzene rings is 1. The van der Waals surface area contributed by atoms with Gasteiger partial charge in [0.1, 0.15) is 5.82 Å². The predicted molar refractivity (Wildman–Crippen MR) is 89.0 cm³/mol. The fraction of sp³-hybridized carbons (Fsp3) is 0.312. The summed E-state index contributed by atoms with van der Waals surface area (Å²) < 4.78 is 19.7. The Morgan fingerprint density at radius 2 is 1.96 bits per heavy atom. The van der Waals surface area contributed by atoms with Gasteiger partial charge in [-0.3, -0.25) is 9.69 Å². The molecule has 2 aromatic rings. The van der Waals surface area contributed by atoms with Gasteiger partial charge in [0.15, 0.2) is 10.4 Å². The molecule has 0 atom stereocenters. The van der Waals surface area contributed by atoms with Gasteiger partial charge in [0.25, 0.3) is 5.91 Å². The van der Waals surface area contributed by atoms with Gasteiger partial charge in [-0.05, 0) is 40.2 Å². The van der Waals surface area contributed by atoms with Crippen LogP contribution in [0.3, 0.4) is 0 Å². The first-order valence-electron chi connectivity index (χ1n) is 7.24. The zero-order valence-corrected chi connectivity index (χ0v) is 14.6.